The van der Waals surface area contributed by atoms with Gasteiger partial charge in [0.25, 0.3) is 0 Å². The Hall–Kier alpha value is -1.80. The minimum Gasteiger partial charge on any atom is -0.248 e. The molecule has 0 fully saturated rings. The molecular formula is C15H12F3NS. The fraction of sp³-hybridized carbons (Fsp3) is 0.267. The molecule has 5 heteroatoms. The van der Waals surface area contributed by atoms with Gasteiger partial charge in [-0.25, -0.2) is 4.98 Å². The van der Waals surface area contributed by atoms with E-state index < -0.39 is 12.1 Å². The van der Waals surface area contributed by atoms with Crippen LogP contribution in [-0.2, 0) is 0 Å². The summed E-state index contributed by atoms with van der Waals surface area (Å²) in [7, 11) is 0. The number of benzene rings is 1. The summed E-state index contributed by atoms with van der Waals surface area (Å²) in [5.74, 6) is 4.23. The topological polar surface area (TPSA) is 12.9 Å². The van der Waals surface area contributed by atoms with Crippen LogP contribution in [0.2, 0.25) is 0 Å². The van der Waals surface area contributed by atoms with Crippen LogP contribution >= 0.6 is 11.3 Å². The predicted octanol–water partition coefficient (Wildman–Crippen LogP) is 4.52. The van der Waals surface area contributed by atoms with Gasteiger partial charge in [0, 0.05) is 5.56 Å². The van der Waals surface area contributed by atoms with Crippen molar-refractivity contribution >= 4 is 11.3 Å². The molecule has 0 bridgehead atoms. The quantitative estimate of drug-likeness (QED) is 0.705. The lowest BCUT2D eigenvalue weighted by Gasteiger charge is -2.11. The summed E-state index contributed by atoms with van der Waals surface area (Å²) < 4.78 is 37.7. The van der Waals surface area contributed by atoms with E-state index in [1.165, 1.54) is 6.20 Å². The average Bonchev–Trinajstić information content (AvgIpc) is 2.83. The summed E-state index contributed by atoms with van der Waals surface area (Å²) in [5, 5.41) is 0.0473. The van der Waals surface area contributed by atoms with E-state index in [1.807, 2.05) is 31.2 Å². The summed E-state index contributed by atoms with van der Waals surface area (Å²) in [4.78, 5) is 4.35. The van der Waals surface area contributed by atoms with Crippen LogP contribution in [0.25, 0.3) is 0 Å². The minimum absolute atomic E-state index is 0.0473. The Bertz CT molecular complexity index is 661. The van der Waals surface area contributed by atoms with Gasteiger partial charge in [0.2, 0.25) is 0 Å². The lowest BCUT2D eigenvalue weighted by atomic mass is 10.1. The first-order valence-corrected chi connectivity index (χ1v) is 6.79. The molecule has 104 valence electrons. The average molecular weight is 295 g/mol. The molecule has 1 aromatic heterocycles. The summed E-state index contributed by atoms with van der Waals surface area (Å²) >= 11 is 0.987. The molecule has 0 radical (unpaired) electrons. The maximum atomic E-state index is 12.6. The zero-order valence-electron chi connectivity index (χ0n) is 11.0. The second kappa shape index (κ2) is 5.68. The van der Waals surface area contributed by atoms with E-state index in [-0.39, 0.29) is 5.01 Å². The number of aryl methyl sites for hydroxylation is 1. The molecule has 1 aromatic carbocycles. The molecule has 1 unspecified atom stereocenters. The molecule has 0 amide bonds. The summed E-state index contributed by atoms with van der Waals surface area (Å²) in [6.45, 7) is 3.07. The molecule has 1 atom stereocenters. The van der Waals surface area contributed by atoms with Crippen LogP contribution in [0.1, 0.15) is 33.9 Å². The zero-order chi connectivity index (χ0) is 14.8. The number of hydrogen-bond donors (Lipinski definition) is 0. The molecule has 0 saturated heterocycles. The van der Waals surface area contributed by atoms with Crippen molar-refractivity contribution in [1.29, 1.82) is 0 Å². The van der Waals surface area contributed by atoms with E-state index in [2.05, 4.69) is 16.8 Å². The van der Waals surface area contributed by atoms with Crippen LogP contribution < -0.4 is 0 Å². The molecule has 0 saturated carbocycles. The molecule has 0 aliphatic heterocycles. The zero-order valence-corrected chi connectivity index (χ0v) is 11.8. The monoisotopic (exact) mass is 295 g/mol. The Morgan fingerprint density at radius 3 is 2.65 bits per heavy atom. The normalized spacial score (nSPS) is 12.7. The Balaban J connectivity index is 2.19. The first kappa shape index (κ1) is 14.6. The van der Waals surface area contributed by atoms with Crippen molar-refractivity contribution in [3.05, 3.63) is 51.5 Å². The van der Waals surface area contributed by atoms with Gasteiger partial charge in [-0.05, 0) is 37.5 Å². The smallest absolute Gasteiger partial charge is 0.248 e. The van der Waals surface area contributed by atoms with Crippen molar-refractivity contribution in [2.24, 2.45) is 0 Å². The molecule has 0 aliphatic carbocycles. The third-order valence-corrected chi connectivity index (χ3v) is 3.83. The van der Waals surface area contributed by atoms with E-state index in [0.29, 0.717) is 4.88 Å². The minimum atomic E-state index is -4.26. The molecule has 1 heterocycles. The van der Waals surface area contributed by atoms with Gasteiger partial charge in [0.1, 0.15) is 10.9 Å². The van der Waals surface area contributed by atoms with Crippen molar-refractivity contribution < 1.29 is 13.2 Å². The number of nitrogens with zero attached hydrogens (tertiary/aromatic N) is 1. The van der Waals surface area contributed by atoms with Crippen LogP contribution in [0.15, 0.2) is 30.5 Å². The van der Waals surface area contributed by atoms with Crippen LogP contribution in [0.5, 0.6) is 0 Å². The number of alkyl halides is 3. The lowest BCUT2D eigenvalue weighted by molar-refractivity contribution is -0.146. The van der Waals surface area contributed by atoms with Crippen LogP contribution in [-0.4, -0.2) is 11.2 Å². The summed E-state index contributed by atoms with van der Waals surface area (Å²) in [6, 6.07) is 7.64. The van der Waals surface area contributed by atoms with Crippen molar-refractivity contribution in [2.45, 2.75) is 25.9 Å². The van der Waals surface area contributed by atoms with E-state index in [9.17, 15) is 13.2 Å². The van der Waals surface area contributed by atoms with Crippen molar-refractivity contribution in [1.82, 2.24) is 4.98 Å². The first-order valence-electron chi connectivity index (χ1n) is 5.97. The van der Waals surface area contributed by atoms with Gasteiger partial charge in [-0.3, -0.25) is 0 Å². The lowest BCUT2D eigenvalue weighted by Crippen LogP contribution is -2.17. The van der Waals surface area contributed by atoms with Crippen LogP contribution in [0.3, 0.4) is 0 Å². The van der Waals surface area contributed by atoms with Gasteiger partial charge in [0.05, 0.1) is 11.1 Å². The highest BCUT2D eigenvalue weighted by Gasteiger charge is 2.38. The fourth-order valence-electron chi connectivity index (χ4n) is 1.54. The first-order chi connectivity index (χ1) is 9.36. The maximum Gasteiger partial charge on any atom is 0.397 e. The molecule has 0 spiro atoms. The number of halogens is 3. The fourth-order valence-corrected chi connectivity index (χ4v) is 2.39. The predicted molar refractivity (Wildman–Crippen MR) is 73.7 cm³/mol. The van der Waals surface area contributed by atoms with Gasteiger partial charge >= 0.3 is 6.18 Å². The Kier molecular flexibility index (Phi) is 4.15. The van der Waals surface area contributed by atoms with E-state index in [4.69, 9.17) is 0 Å². The third kappa shape index (κ3) is 3.61. The van der Waals surface area contributed by atoms with Crippen molar-refractivity contribution in [3.8, 4) is 11.8 Å². The molecule has 20 heavy (non-hydrogen) atoms. The highest BCUT2D eigenvalue weighted by atomic mass is 32.1. The van der Waals surface area contributed by atoms with Gasteiger partial charge < -0.3 is 0 Å². The molecule has 2 rings (SSSR count). The SMILES string of the molecule is Cc1cccc(C#Cc2cnc(C(C)C(F)(F)F)s2)c1. The number of aromatic nitrogens is 1. The highest BCUT2D eigenvalue weighted by Crippen LogP contribution is 2.35. The second-order valence-corrected chi connectivity index (χ2v) is 5.51. The Morgan fingerprint density at radius 2 is 2.00 bits per heavy atom. The maximum absolute atomic E-state index is 12.6. The summed E-state index contributed by atoms with van der Waals surface area (Å²) in [5.41, 5.74) is 1.93. The Morgan fingerprint density at radius 1 is 1.25 bits per heavy atom. The van der Waals surface area contributed by atoms with Crippen molar-refractivity contribution in [2.75, 3.05) is 0 Å². The third-order valence-electron chi connectivity index (χ3n) is 2.73. The van der Waals surface area contributed by atoms with E-state index >= 15 is 0 Å². The molecular weight excluding hydrogens is 283 g/mol. The van der Waals surface area contributed by atoms with Gasteiger partial charge in [-0.1, -0.05) is 18.1 Å². The second-order valence-electron chi connectivity index (χ2n) is 4.45. The highest BCUT2D eigenvalue weighted by molar-refractivity contribution is 7.12. The number of thiazole rings is 1. The number of rotatable bonds is 1. The molecule has 1 nitrogen and oxygen atoms in total. The van der Waals surface area contributed by atoms with Crippen LogP contribution in [0, 0.1) is 18.8 Å². The standard InChI is InChI=1S/C15H12F3NS/c1-10-4-3-5-12(8-10)6-7-13-9-19-14(20-13)11(2)15(16,17)18/h3-5,8-9,11H,1-2H3. The molecule has 0 N–H and O–H groups in total. The van der Waals surface area contributed by atoms with Gasteiger partial charge in [-0.15, -0.1) is 11.3 Å². The van der Waals surface area contributed by atoms with E-state index in [1.54, 1.807) is 0 Å². The largest absolute Gasteiger partial charge is 0.397 e. The van der Waals surface area contributed by atoms with Gasteiger partial charge in [0.15, 0.2) is 0 Å². The molecule has 0 aliphatic rings. The summed E-state index contributed by atoms with van der Waals surface area (Å²) in [6.07, 6.45) is -2.87. The Labute approximate surface area is 119 Å². The molecule has 2 aromatic rings. The van der Waals surface area contributed by atoms with Crippen molar-refractivity contribution in [3.63, 3.8) is 0 Å². The van der Waals surface area contributed by atoms with Crippen LogP contribution in [0.4, 0.5) is 13.2 Å². The number of hydrogen-bond acceptors (Lipinski definition) is 2. The van der Waals surface area contributed by atoms with Gasteiger partial charge in [-0.2, -0.15) is 13.2 Å². The van der Waals surface area contributed by atoms with E-state index in [0.717, 1.165) is 29.4 Å².